The molecule has 9 heteroatoms. The molecule has 1 aliphatic heterocycles. The van der Waals surface area contributed by atoms with E-state index in [0.717, 1.165) is 29.8 Å². The first kappa shape index (κ1) is 24.3. The van der Waals surface area contributed by atoms with Crippen LogP contribution in [-0.4, -0.2) is 43.8 Å². The van der Waals surface area contributed by atoms with Crippen LogP contribution < -0.4 is 5.32 Å². The van der Waals surface area contributed by atoms with Gasteiger partial charge in [0.15, 0.2) is 11.0 Å². The lowest BCUT2D eigenvalue weighted by atomic mass is 10.1. The Morgan fingerprint density at radius 2 is 2.00 bits per heavy atom. The van der Waals surface area contributed by atoms with Crippen LogP contribution in [0.15, 0.2) is 47.6 Å². The molecule has 0 aliphatic carbocycles. The zero-order valence-corrected chi connectivity index (χ0v) is 21.1. The van der Waals surface area contributed by atoms with Gasteiger partial charge in [-0.1, -0.05) is 47.1 Å². The van der Waals surface area contributed by atoms with Gasteiger partial charge in [0.1, 0.15) is 0 Å². The molecule has 3 aromatic rings. The number of likely N-dealkylation sites (tertiary alicyclic amines) is 1. The maximum absolute atomic E-state index is 13.2. The van der Waals surface area contributed by atoms with Gasteiger partial charge in [0, 0.05) is 29.4 Å². The number of nitrogens with zero attached hydrogens (tertiary/aromatic N) is 4. The second kappa shape index (κ2) is 10.6. The van der Waals surface area contributed by atoms with Crippen LogP contribution in [0.25, 0.3) is 0 Å². The summed E-state index contributed by atoms with van der Waals surface area (Å²) < 4.78 is 2.01. The largest absolute Gasteiger partial charge is 0.328 e. The van der Waals surface area contributed by atoms with Crippen LogP contribution in [0.4, 0.5) is 5.69 Å². The van der Waals surface area contributed by atoms with E-state index in [2.05, 4.69) is 15.5 Å². The van der Waals surface area contributed by atoms with E-state index in [1.165, 1.54) is 11.8 Å². The van der Waals surface area contributed by atoms with Gasteiger partial charge in [0.25, 0.3) is 5.91 Å². The average molecular weight is 498 g/mol. The van der Waals surface area contributed by atoms with Crippen molar-refractivity contribution in [3.63, 3.8) is 0 Å². The minimum Gasteiger partial charge on any atom is -0.328 e. The van der Waals surface area contributed by atoms with Gasteiger partial charge >= 0.3 is 0 Å². The van der Waals surface area contributed by atoms with Crippen molar-refractivity contribution < 1.29 is 9.59 Å². The van der Waals surface area contributed by atoms with Gasteiger partial charge in [-0.25, -0.2) is 0 Å². The number of amides is 2. The highest BCUT2D eigenvalue weighted by atomic mass is 35.5. The monoisotopic (exact) mass is 497 g/mol. The molecule has 2 aromatic carbocycles. The standard InChI is InChI=1S/C25H28ClN5O2S/c1-4-30-23(21-9-6-12-31(21)24(33)18-8-5-7-16(2)13-18)28-29-25(30)34-15-22(32)27-20-14-19(26)11-10-17(20)3/h5,7-8,10-11,13-14,21H,4,6,9,12,15H2,1-3H3,(H,27,32). The molecule has 2 heterocycles. The van der Waals surface area contributed by atoms with Crippen molar-refractivity contribution in [1.29, 1.82) is 0 Å². The van der Waals surface area contributed by atoms with Crippen molar-refractivity contribution in [2.45, 2.75) is 51.4 Å². The second-order valence-electron chi connectivity index (χ2n) is 8.41. The zero-order valence-electron chi connectivity index (χ0n) is 19.5. The van der Waals surface area contributed by atoms with E-state index in [0.29, 0.717) is 34.5 Å². The molecule has 2 amide bonds. The van der Waals surface area contributed by atoms with Crippen LogP contribution in [0, 0.1) is 13.8 Å². The third-order valence-corrected chi connectivity index (χ3v) is 7.15. The summed E-state index contributed by atoms with van der Waals surface area (Å²) in [6, 6.07) is 13.0. The van der Waals surface area contributed by atoms with Gasteiger partial charge in [0.05, 0.1) is 11.8 Å². The summed E-state index contributed by atoms with van der Waals surface area (Å²) in [5, 5.41) is 13.0. The molecule has 1 aromatic heterocycles. The highest BCUT2D eigenvalue weighted by Gasteiger charge is 2.34. The molecule has 1 saturated heterocycles. The molecule has 0 bridgehead atoms. The third kappa shape index (κ3) is 5.28. The summed E-state index contributed by atoms with van der Waals surface area (Å²) in [6.07, 6.45) is 1.76. The van der Waals surface area contributed by atoms with E-state index in [1.54, 1.807) is 12.1 Å². The van der Waals surface area contributed by atoms with E-state index in [-0.39, 0.29) is 23.6 Å². The number of carbonyl (C=O) groups excluding carboxylic acids is 2. The maximum Gasteiger partial charge on any atom is 0.254 e. The van der Waals surface area contributed by atoms with Crippen LogP contribution in [0.2, 0.25) is 5.02 Å². The molecule has 1 N–H and O–H groups in total. The van der Waals surface area contributed by atoms with Crippen molar-refractivity contribution >= 4 is 40.9 Å². The lowest BCUT2D eigenvalue weighted by Gasteiger charge is -2.24. The Morgan fingerprint density at radius 3 is 2.76 bits per heavy atom. The maximum atomic E-state index is 13.2. The Labute approximate surface area is 208 Å². The first-order valence-electron chi connectivity index (χ1n) is 11.4. The predicted molar refractivity (Wildman–Crippen MR) is 135 cm³/mol. The van der Waals surface area contributed by atoms with Crippen LogP contribution in [0.5, 0.6) is 0 Å². The highest BCUT2D eigenvalue weighted by Crippen LogP contribution is 2.34. The molecule has 1 atom stereocenters. The second-order valence-corrected chi connectivity index (χ2v) is 9.79. The van der Waals surface area contributed by atoms with Gasteiger partial charge in [-0.15, -0.1) is 10.2 Å². The molecule has 0 spiro atoms. The Morgan fingerprint density at radius 1 is 1.18 bits per heavy atom. The molecule has 4 rings (SSSR count). The summed E-state index contributed by atoms with van der Waals surface area (Å²) in [7, 11) is 0. The van der Waals surface area contributed by atoms with E-state index < -0.39 is 0 Å². The topological polar surface area (TPSA) is 80.1 Å². The number of rotatable bonds is 7. The van der Waals surface area contributed by atoms with Gasteiger partial charge < -0.3 is 14.8 Å². The van der Waals surface area contributed by atoms with Gasteiger partial charge in [-0.05, 0) is 63.4 Å². The van der Waals surface area contributed by atoms with Crippen LogP contribution >= 0.6 is 23.4 Å². The Kier molecular flexibility index (Phi) is 7.58. The molecule has 1 fully saturated rings. The summed E-state index contributed by atoms with van der Waals surface area (Å²) in [6.45, 7) is 7.28. The summed E-state index contributed by atoms with van der Waals surface area (Å²) in [5.41, 5.74) is 3.40. The normalized spacial score (nSPS) is 15.5. The van der Waals surface area contributed by atoms with E-state index in [9.17, 15) is 9.59 Å². The number of nitrogens with one attached hydrogen (secondary N) is 1. The van der Waals surface area contributed by atoms with Crippen molar-refractivity contribution in [1.82, 2.24) is 19.7 Å². The van der Waals surface area contributed by atoms with E-state index in [1.807, 2.05) is 60.6 Å². The smallest absolute Gasteiger partial charge is 0.254 e. The molecule has 1 aliphatic rings. The summed E-state index contributed by atoms with van der Waals surface area (Å²) in [4.78, 5) is 27.7. The number of aromatic nitrogens is 3. The fraction of sp³-hybridized carbons (Fsp3) is 0.360. The van der Waals surface area contributed by atoms with Gasteiger partial charge in [-0.3, -0.25) is 9.59 Å². The van der Waals surface area contributed by atoms with E-state index in [4.69, 9.17) is 11.6 Å². The number of thioether (sulfide) groups is 1. The molecule has 7 nitrogen and oxygen atoms in total. The molecule has 1 unspecified atom stereocenters. The van der Waals surface area contributed by atoms with Crippen LogP contribution in [0.3, 0.4) is 0 Å². The number of hydrogen-bond donors (Lipinski definition) is 1. The summed E-state index contributed by atoms with van der Waals surface area (Å²) in [5.74, 6) is 0.845. The third-order valence-electron chi connectivity index (χ3n) is 5.94. The van der Waals surface area contributed by atoms with E-state index >= 15 is 0 Å². The first-order chi connectivity index (χ1) is 16.4. The number of aryl methyl sites for hydroxylation is 2. The SMILES string of the molecule is CCn1c(SCC(=O)Nc2cc(Cl)ccc2C)nnc1C1CCCN1C(=O)c1cccc(C)c1. The average Bonchev–Trinajstić information content (AvgIpc) is 3.46. The van der Waals surface area contributed by atoms with Crippen molar-refractivity contribution in [2.24, 2.45) is 0 Å². The number of benzene rings is 2. The van der Waals surface area contributed by atoms with Gasteiger partial charge in [-0.2, -0.15) is 0 Å². The molecular weight excluding hydrogens is 470 g/mol. The first-order valence-corrected chi connectivity index (χ1v) is 12.7. The minimum atomic E-state index is -0.139. The number of anilines is 1. The molecule has 0 saturated carbocycles. The Hall–Kier alpha value is -2.84. The van der Waals surface area contributed by atoms with Gasteiger partial charge in [0.2, 0.25) is 5.91 Å². The summed E-state index contributed by atoms with van der Waals surface area (Å²) >= 11 is 7.39. The van der Waals surface area contributed by atoms with Crippen molar-refractivity contribution in [3.05, 3.63) is 70.0 Å². The molecule has 178 valence electrons. The fourth-order valence-corrected chi connectivity index (χ4v) is 5.20. The lowest BCUT2D eigenvalue weighted by molar-refractivity contribution is -0.113. The van der Waals surface area contributed by atoms with Crippen LogP contribution in [0.1, 0.15) is 53.1 Å². The number of carbonyl (C=O) groups is 2. The van der Waals surface area contributed by atoms with Crippen LogP contribution in [-0.2, 0) is 11.3 Å². The minimum absolute atomic E-state index is 0.0160. The van der Waals surface area contributed by atoms with Crippen molar-refractivity contribution in [3.8, 4) is 0 Å². The Balaban J connectivity index is 1.47. The quantitative estimate of drug-likeness (QED) is 0.449. The molecule has 0 radical (unpaired) electrons. The lowest BCUT2D eigenvalue weighted by Crippen LogP contribution is -2.32. The fourth-order valence-electron chi connectivity index (χ4n) is 4.22. The number of hydrogen-bond acceptors (Lipinski definition) is 5. The highest BCUT2D eigenvalue weighted by molar-refractivity contribution is 7.99. The molecular formula is C25H28ClN5O2S. The Bertz CT molecular complexity index is 1210. The number of halogens is 1. The van der Waals surface area contributed by atoms with Crippen molar-refractivity contribution in [2.75, 3.05) is 17.6 Å². The molecule has 34 heavy (non-hydrogen) atoms. The zero-order chi connectivity index (χ0) is 24.2. The predicted octanol–water partition coefficient (Wildman–Crippen LogP) is 5.28.